The van der Waals surface area contributed by atoms with Crippen molar-refractivity contribution in [1.82, 2.24) is 9.97 Å². The largest absolute Gasteiger partial charge is 0.465 e. The number of nitrogens with one attached hydrogen (secondary N) is 1. The molecule has 1 aromatic carbocycles. The molecule has 0 fully saturated rings. The van der Waals surface area contributed by atoms with Crippen LogP contribution in [-0.2, 0) is 0 Å². The molecule has 2 heterocycles. The number of benzene rings is 1. The number of aromatic amines is 1. The van der Waals surface area contributed by atoms with Gasteiger partial charge >= 0.3 is 6.09 Å². The van der Waals surface area contributed by atoms with Gasteiger partial charge in [-0.25, -0.2) is 9.78 Å². The molecule has 0 aliphatic rings. The number of hydrogen-bond acceptors (Lipinski definition) is 3. The molecule has 1 unspecified atom stereocenters. The zero-order chi connectivity index (χ0) is 16.2. The second-order valence-electron chi connectivity index (χ2n) is 5.28. The molecule has 3 aromatic rings. The number of H-pyrrole nitrogens is 1. The van der Waals surface area contributed by atoms with Gasteiger partial charge in [0.15, 0.2) is 0 Å². The van der Waals surface area contributed by atoms with Crippen LogP contribution in [0.15, 0.2) is 54.7 Å². The van der Waals surface area contributed by atoms with E-state index in [9.17, 15) is 15.0 Å². The predicted molar refractivity (Wildman–Crippen MR) is 87.7 cm³/mol. The molecule has 6 nitrogen and oxygen atoms in total. The first-order chi connectivity index (χ1) is 11.2. The number of anilines is 1. The monoisotopic (exact) mass is 311 g/mol. The summed E-state index contributed by atoms with van der Waals surface area (Å²) in [5.74, 6) is 0.146. The Bertz CT molecular complexity index is 768. The van der Waals surface area contributed by atoms with E-state index in [1.54, 1.807) is 18.3 Å². The van der Waals surface area contributed by atoms with Crippen LogP contribution in [0.4, 0.5) is 10.6 Å². The molecule has 2 aromatic heterocycles. The number of aromatic nitrogens is 2. The van der Waals surface area contributed by atoms with Crippen molar-refractivity contribution >= 4 is 22.9 Å². The first-order valence-corrected chi connectivity index (χ1v) is 7.29. The Morgan fingerprint density at radius 1 is 1.22 bits per heavy atom. The van der Waals surface area contributed by atoms with Crippen LogP contribution in [-0.4, -0.2) is 39.4 Å². The summed E-state index contributed by atoms with van der Waals surface area (Å²) in [5.41, 5.74) is 1.53. The van der Waals surface area contributed by atoms with Crippen molar-refractivity contribution in [2.24, 2.45) is 0 Å². The number of carbonyl (C=O) groups is 1. The van der Waals surface area contributed by atoms with Crippen LogP contribution in [0.3, 0.4) is 0 Å². The number of rotatable bonds is 5. The van der Waals surface area contributed by atoms with Gasteiger partial charge in [-0.05, 0) is 23.8 Å². The summed E-state index contributed by atoms with van der Waals surface area (Å²) in [5, 5.41) is 20.0. The number of hydrogen-bond donors (Lipinski definition) is 3. The fraction of sp³-hybridized carbons (Fsp3) is 0.176. The molecule has 0 aliphatic carbocycles. The predicted octanol–water partition coefficient (Wildman–Crippen LogP) is 2.82. The van der Waals surface area contributed by atoms with E-state index in [1.807, 2.05) is 36.4 Å². The van der Waals surface area contributed by atoms with Crippen molar-refractivity contribution in [2.45, 2.75) is 5.92 Å². The van der Waals surface area contributed by atoms with Crippen LogP contribution in [0.5, 0.6) is 0 Å². The smallest absolute Gasteiger partial charge is 0.412 e. The van der Waals surface area contributed by atoms with E-state index in [0.717, 1.165) is 10.9 Å². The molecule has 1 amide bonds. The lowest BCUT2D eigenvalue weighted by atomic mass is 9.99. The van der Waals surface area contributed by atoms with Gasteiger partial charge in [-0.15, -0.1) is 0 Å². The maximum Gasteiger partial charge on any atom is 0.412 e. The highest BCUT2D eigenvalue weighted by molar-refractivity contribution is 5.90. The minimum atomic E-state index is -1.08. The van der Waals surface area contributed by atoms with Crippen LogP contribution in [0.1, 0.15) is 11.5 Å². The summed E-state index contributed by atoms with van der Waals surface area (Å²) in [6.07, 6.45) is 0.569. The molecule has 118 valence electrons. The lowest BCUT2D eigenvalue weighted by Crippen LogP contribution is -2.34. The van der Waals surface area contributed by atoms with Crippen molar-refractivity contribution in [2.75, 3.05) is 18.1 Å². The molecular formula is C17H17N3O3. The van der Waals surface area contributed by atoms with Crippen LogP contribution in [0, 0.1) is 0 Å². The maximum absolute atomic E-state index is 11.7. The lowest BCUT2D eigenvalue weighted by molar-refractivity contribution is 0.199. The zero-order valence-corrected chi connectivity index (χ0v) is 12.4. The van der Waals surface area contributed by atoms with Gasteiger partial charge in [-0.2, -0.15) is 0 Å². The molecule has 0 spiro atoms. The summed E-state index contributed by atoms with van der Waals surface area (Å²) < 4.78 is 0. The fourth-order valence-corrected chi connectivity index (χ4v) is 2.58. The van der Waals surface area contributed by atoms with Gasteiger partial charge in [-0.1, -0.05) is 30.3 Å². The third-order valence-electron chi connectivity index (χ3n) is 3.79. The minimum absolute atomic E-state index is 0.133. The van der Waals surface area contributed by atoms with E-state index in [-0.39, 0.29) is 19.1 Å². The standard InChI is InChI=1S/C17H17N3O3/c21-11-14(12-5-2-1-3-6-12)10-20(17(22)23)15-9-13-7-4-8-18-16(13)19-15/h1-9,14,21H,10-11H2,(H,18,19)(H,22,23). The second kappa shape index (κ2) is 6.50. The quantitative estimate of drug-likeness (QED) is 0.676. The van der Waals surface area contributed by atoms with E-state index in [0.29, 0.717) is 11.5 Å². The maximum atomic E-state index is 11.7. The SMILES string of the molecule is O=C(O)N(CC(CO)c1ccccc1)c1cc2cccnc2[nH]1. The average molecular weight is 311 g/mol. The van der Waals surface area contributed by atoms with Gasteiger partial charge in [0, 0.05) is 24.0 Å². The first-order valence-electron chi connectivity index (χ1n) is 7.29. The van der Waals surface area contributed by atoms with Crippen LogP contribution in [0.25, 0.3) is 11.0 Å². The van der Waals surface area contributed by atoms with E-state index in [2.05, 4.69) is 9.97 Å². The highest BCUT2D eigenvalue weighted by atomic mass is 16.4. The topological polar surface area (TPSA) is 89.4 Å². The Morgan fingerprint density at radius 2 is 2.00 bits per heavy atom. The number of aliphatic hydroxyl groups is 1. The Hall–Kier alpha value is -2.86. The number of amides is 1. The third-order valence-corrected chi connectivity index (χ3v) is 3.79. The number of carboxylic acid groups (broad SMARTS) is 1. The second-order valence-corrected chi connectivity index (χ2v) is 5.28. The Balaban J connectivity index is 1.90. The van der Waals surface area contributed by atoms with Gasteiger partial charge < -0.3 is 15.2 Å². The van der Waals surface area contributed by atoms with Gasteiger partial charge in [0.2, 0.25) is 0 Å². The molecule has 0 saturated heterocycles. The highest BCUT2D eigenvalue weighted by Crippen LogP contribution is 2.24. The van der Waals surface area contributed by atoms with Crippen molar-refractivity contribution in [1.29, 1.82) is 0 Å². The molecule has 3 rings (SSSR count). The molecular weight excluding hydrogens is 294 g/mol. The summed E-state index contributed by atoms with van der Waals surface area (Å²) in [7, 11) is 0. The molecule has 23 heavy (non-hydrogen) atoms. The number of pyridine rings is 1. The minimum Gasteiger partial charge on any atom is -0.465 e. The van der Waals surface area contributed by atoms with E-state index in [4.69, 9.17) is 0 Å². The van der Waals surface area contributed by atoms with Gasteiger partial charge in [0.25, 0.3) is 0 Å². The summed E-state index contributed by atoms with van der Waals surface area (Å²) >= 11 is 0. The van der Waals surface area contributed by atoms with E-state index >= 15 is 0 Å². The zero-order valence-electron chi connectivity index (χ0n) is 12.4. The molecule has 0 aliphatic heterocycles. The van der Waals surface area contributed by atoms with Crippen LogP contribution < -0.4 is 4.90 Å². The number of aliphatic hydroxyl groups excluding tert-OH is 1. The lowest BCUT2D eigenvalue weighted by Gasteiger charge is -2.23. The first kappa shape index (κ1) is 15.1. The van der Waals surface area contributed by atoms with E-state index < -0.39 is 6.09 Å². The number of fused-ring (bicyclic) bond motifs is 1. The summed E-state index contributed by atoms with van der Waals surface area (Å²) in [4.78, 5) is 20.1. The molecule has 0 saturated carbocycles. The van der Waals surface area contributed by atoms with Crippen molar-refractivity contribution in [3.63, 3.8) is 0 Å². The van der Waals surface area contributed by atoms with Crippen molar-refractivity contribution in [3.8, 4) is 0 Å². The van der Waals surface area contributed by atoms with Crippen LogP contribution >= 0.6 is 0 Å². The third kappa shape index (κ3) is 3.17. The van der Waals surface area contributed by atoms with Crippen molar-refractivity contribution < 1.29 is 15.0 Å². The highest BCUT2D eigenvalue weighted by Gasteiger charge is 2.22. The molecule has 1 atom stereocenters. The molecule has 0 bridgehead atoms. The van der Waals surface area contributed by atoms with Crippen LogP contribution in [0.2, 0.25) is 0 Å². The van der Waals surface area contributed by atoms with Gasteiger partial charge in [0.1, 0.15) is 11.5 Å². The summed E-state index contributed by atoms with van der Waals surface area (Å²) in [6.45, 7) is 0.0228. The Morgan fingerprint density at radius 3 is 2.65 bits per heavy atom. The average Bonchev–Trinajstić information content (AvgIpc) is 2.99. The van der Waals surface area contributed by atoms with Gasteiger partial charge in [-0.3, -0.25) is 4.90 Å². The van der Waals surface area contributed by atoms with Gasteiger partial charge in [0.05, 0.1) is 6.61 Å². The van der Waals surface area contributed by atoms with E-state index in [1.165, 1.54) is 4.90 Å². The Kier molecular flexibility index (Phi) is 4.25. The fourth-order valence-electron chi connectivity index (χ4n) is 2.58. The van der Waals surface area contributed by atoms with Crippen molar-refractivity contribution in [3.05, 3.63) is 60.3 Å². The Labute approximate surface area is 133 Å². The summed E-state index contributed by atoms with van der Waals surface area (Å²) in [6, 6.07) is 14.8. The molecule has 3 N–H and O–H groups in total. The normalized spacial score (nSPS) is 12.2. The molecule has 0 radical (unpaired) electrons. The molecule has 6 heteroatoms. The number of nitrogens with zero attached hydrogens (tertiary/aromatic N) is 2.